The van der Waals surface area contributed by atoms with E-state index >= 15 is 0 Å². The molecule has 27 heavy (non-hydrogen) atoms. The highest BCUT2D eigenvalue weighted by Gasteiger charge is 2.32. The summed E-state index contributed by atoms with van der Waals surface area (Å²) in [5.74, 6) is 1.94. The van der Waals surface area contributed by atoms with E-state index in [1.54, 1.807) is 0 Å². The molecule has 0 bridgehead atoms. The molecule has 146 valence electrons. The third-order valence-corrected chi connectivity index (χ3v) is 5.16. The van der Waals surface area contributed by atoms with Crippen LogP contribution in [0.4, 0.5) is 0 Å². The molecule has 7 nitrogen and oxygen atoms in total. The molecule has 2 saturated heterocycles. The van der Waals surface area contributed by atoms with Crippen LogP contribution >= 0.6 is 0 Å². The fraction of sp³-hybridized carbons (Fsp3) is 0.600. The number of para-hydroxylation sites is 2. The number of aliphatic imine (C=N–C) groups is 1. The molecule has 7 heteroatoms. The predicted molar refractivity (Wildman–Crippen MR) is 106 cm³/mol. The summed E-state index contributed by atoms with van der Waals surface area (Å²) in [4.78, 5) is 15.2. The number of imidazole rings is 1. The van der Waals surface area contributed by atoms with Gasteiger partial charge in [0.15, 0.2) is 5.96 Å². The Morgan fingerprint density at radius 1 is 1.30 bits per heavy atom. The number of fused-ring (bicyclic) bond motifs is 1. The van der Waals surface area contributed by atoms with Crippen LogP contribution in [0.3, 0.4) is 0 Å². The molecule has 2 N–H and O–H groups in total. The summed E-state index contributed by atoms with van der Waals surface area (Å²) < 4.78 is 11.8. The molecule has 2 aromatic rings. The minimum atomic E-state index is 0.139. The standard InChI is InChI=1S/C20H29N5O2/c1-2-21-20(25-11-13-27-18(14-25)17-8-5-12-26-17)22-10-9-19-23-15-6-3-4-7-16(15)24-19/h3-4,6-7,17-18H,2,5,8-14H2,1H3,(H,21,22)(H,23,24). The number of rotatable bonds is 5. The van der Waals surface area contributed by atoms with Gasteiger partial charge in [-0.1, -0.05) is 12.1 Å². The minimum Gasteiger partial charge on any atom is -0.375 e. The van der Waals surface area contributed by atoms with E-state index in [2.05, 4.69) is 33.2 Å². The maximum absolute atomic E-state index is 5.96. The molecule has 2 fully saturated rings. The summed E-state index contributed by atoms with van der Waals surface area (Å²) >= 11 is 0. The Hall–Kier alpha value is -2.12. The second-order valence-electron chi connectivity index (χ2n) is 7.09. The van der Waals surface area contributed by atoms with Gasteiger partial charge in [0, 0.05) is 39.2 Å². The van der Waals surface area contributed by atoms with Crippen molar-refractivity contribution in [2.75, 3.05) is 39.4 Å². The molecule has 0 amide bonds. The van der Waals surface area contributed by atoms with E-state index in [4.69, 9.17) is 14.5 Å². The van der Waals surface area contributed by atoms with Gasteiger partial charge in [0.1, 0.15) is 11.9 Å². The highest BCUT2D eigenvalue weighted by atomic mass is 16.5. The van der Waals surface area contributed by atoms with Crippen LogP contribution in [-0.2, 0) is 15.9 Å². The van der Waals surface area contributed by atoms with Gasteiger partial charge in [0.2, 0.25) is 0 Å². The Labute approximate surface area is 160 Å². The lowest BCUT2D eigenvalue weighted by Gasteiger charge is -2.37. The number of H-pyrrole nitrogens is 1. The highest BCUT2D eigenvalue weighted by Crippen LogP contribution is 2.21. The average molecular weight is 371 g/mol. The van der Waals surface area contributed by atoms with Gasteiger partial charge in [-0.25, -0.2) is 4.98 Å². The first kappa shape index (κ1) is 18.3. The van der Waals surface area contributed by atoms with E-state index in [1.807, 2.05) is 18.2 Å². The molecular formula is C20H29N5O2. The Kier molecular flexibility index (Phi) is 5.89. The van der Waals surface area contributed by atoms with Gasteiger partial charge < -0.3 is 24.7 Å². The molecule has 2 unspecified atom stereocenters. The van der Waals surface area contributed by atoms with Gasteiger partial charge >= 0.3 is 0 Å². The lowest BCUT2D eigenvalue weighted by molar-refractivity contribution is -0.0817. The number of hydrogen-bond acceptors (Lipinski definition) is 4. The summed E-state index contributed by atoms with van der Waals surface area (Å²) in [6.45, 7) is 6.93. The van der Waals surface area contributed by atoms with Gasteiger partial charge in [-0.05, 0) is 31.9 Å². The van der Waals surface area contributed by atoms with E-state index in [0.29, 0.717) is 6.54 Å². The molecule has 2 aliphatic rings. The van der Waals surface area contributed by atoms with Crippen molar-refractivity contribution >= 4 is 17.0 Å². The van der Waals surface area contributed by atoms with Crippen LogP contribution in [0.1, 0.15) is 25.6 Å². The van der Waals surface area contributed by atoms with E-state index in [-0.39, 0.29) is 12.2 Å². The number of nitrogens with zero attached hydrogens (tertiary/aromatic N) is 3. The third kappa shape index (κ3) is 4.42. The Morgan fingerprint density at radius 2 is 2.19 bits per heavy atom. The number of nitrogens with one attached hydrogen (secondary N) is 2. The molecule has 2 atom stereocenters. The first-order chi connectivity index (χ1) is 13.3. The van der Waals surface area contributed by atoms with E-state index in [1.165, 1.54) is 0 Å². The first-order valence-corrected chi connectivity index (χ1v) is 10.0. The number of ether oxygens (including phenoxy) is 2. The molecule has 3 heterocycles. The van der Waals surface area contributed by atoms with Crippen LogP contribution in [0, 0.1) is 0 Å². The van der Waals surface area contributed by atoms with Crippen LogP contribution < -0.4 is 5.32 Å². The van der Waals surface area contributed by atoms with Crippen LogP contribution in [0.25, 0.3) is 11.0 Å². The second-order valence-corrected chi connectivity index (χ2v) is 7.09. The van der Waals surface area contributed by atoms with Crippen LogP contribution in [-0.4, -0.2) is 72.4 Å². The minimum absolute atomic E-state index is 0.139. The fourth-order valence-electron chi connectivity index (χ4n) is 3.81. The van der Waals surface area contributed by atoms with Gasteiger partial charge in [-0.15, -0.1) is 0 Å². The molecule has 0 radical (unpaired) electrons. The normalized spacial score (nSPS) is 23.9. The maximum atomic E-state index is 5.96. The summed E-state index contributed by atoms with van der Waals surface area (Å²) in [6.07, 6.45) is 3.39. The largest absolute Gasteiger partial charge is 0.375 e. The highest BCUT2D eigenvalue weighted by molar-refractivity contribution is 5.80. The number of aromatic amines is 1. The van der Waals surface area contributed by atoms with E-state index in [0.717, 1.165) is 74.9 Å². The number of aromatic nitrogens is 2. The van der Waals surface area contributed by atoms with Gasteiger partial charge in [-0.2, -0.15) is 0 Å². The van der Waals surface area contributed by atoms with Crippen LogP contribution in [0.15, 0.2) is 29.3 Å². The van der Waals surface area contributed by atoms with Crippen LogP contribution in [0.2, 0.25) is 0 Å². The first-order valence-electron chi connectivity index (χ1n) is 10.0. The number of morpholine rings is 1. The molecule has 2 aliphatic heterocycles. The number of guanidine groups is 1. The van der Waals surface area contributed by atoms with Gasteiger partial charge in [0.25, 0.3) is 0 Å². The van der Waals surface area contributed by atoms with E-state index < -0.39 is 0 Å². The van der Waals surface area contributed by atoms with Crippen molar-refractivity contribution in [1.29, 1.82) is 0 Å². The smallest absolute Gasteiger partial charge is 0.194 e. The predicted octanol–water partition coefficient (Wildman–Crippen LogP) is 1.95. The zero-order valence-corrected chi connectivity index (χ0v) is 16.0. The van der Waals surface area contributed by atoms with Crippen molar-refractivity contribution in [3.63, 3.8) is 0 Å². The lowest BCUT2D eigenvalue weighted by Crippen LogP contribution is -2.53. The van der Waals surface area contributed by atoms with Crippen molar-refractivity contribution in [1.82, 2.24) is 20.2 Å². The lowest BCUT2D eigenvalue weighted by atomic mass is 10.1. The zero-order chi connectivity index (χ0) is 18.5. The molecule has 1 aromatic heterocycles. The monoisotopic (exact) mass is 371 g/mol. The number of benzene rings is 1. The van der Waals surface area contributed by atoms with Gasteiger partial charge in [-0.3, -0.25) is 4.99 Å². The van der Waals surface area contributed by atoms with Crippen molar-refractivity contribution in [2.45, 2.75) is 38.4 Å². The summed E-state index contributed by atoms with van der Waals surface area (Å²) in [6, 6.07) is 8.12. The van der Waals surface area contributed by atoms with Crippen molar-refractivity contribution in [2.24, 2.45) is 4.99 Å². The van der Waals surface area contributed by atoms with E-state index in [9.17, 15) is 0 Å². The fourth-order valence-corrected chi connectivity index (χ4v) is 3.81. The Balaban J connectivity index is 1.38. The SMILES string of the molecule is CCNC(=NCCc1nc2ccccc2[nH]1)N1CCOC(C2CCCO2)C1. The van der Waals surface area contributed by atoms with Crippen LogP contribution in [0.5, 0.6) is 0 Å². The summed E-state index contributed by atoms with van der Waals surface area (Å²) in [5.41, 5.74) is 2.09. The third-order valence-electron chi connectivity index (χ3n) is 5.16. The van der Waals surface area contributed by atoms with Crippen molar-refractivity contribution in [3.8, 4) is 0 Å². The molecule has 0 aliphatic carbocycles. The average Bonchev–Trinajstić information content (AvgIpc) is 3.37. The maximum Gasteiger partial charge on any atom is 0.194 e. The van der Waals surface area contributed by atoms with Gasteiger partial charge in [0.05, 0.1) is 23.7 Å². The van der Waals surface area contributed by atoms with Crippen molar-refractivity contribution < 1.29 is 9.47 Å². The summed E-state index contributed by atoms with van der Waals surface area (Å²) in [7, 11) is 0. The molecule has 4 rings (SSSR count). The molecule has 0 spiro atoms. The topological polar surface area (TPSA) is 74.8 Å². The second kappa shape index (κ2) is 8.71. The van der Waals surface area contributed by atoms with Crippen molar-refractivity contribution in [3.05, 3.63) is 30.1 Å². The number of hydrogen-bond donors (Lipinski definition) is 2. The molecule has 1 aromatic carbocycles. The summed E-state index contributed by atoms with van der Waals surface area (Å²) in [5, 5.41) is 3.43. The zero-order valence-electron chi connectivity index (χ0n) is 16.0. The Bertz CT molecular complexity index is 736. The Morgan fingerprint density at radius 3 is 3.00 bits per heavy atom. The molecule has 0 saturated carbocycles. The molecular weight excluding hydrogens is 342 g/mol. The quantitative estimate of drug-likeness (QED) is 0.621.